The lowest BCUT2D eigenvalue weighted by Crippen LogP contribution is -2.55. The zero-order valence-corrected chi connectivity index (χ0v) is 36.2. The minimum atomic E-state index is -0.0425. The number of aromatic nitrogens is 2. The Morgan fingerprint density at radius 3 is 1.97 bits per heavy atom. The van der Waals surface area contributed by atoms with E-state index in [0.29, 0.717) is 0 Å². The zero-order chi connectivity index (χ0) is 41.1. The second-order valence-corrected chi connectivity index (χ2v) is 20.0. The molecule has 10 aromatic rings. The van der Waals surface area contributed by atoms with Gasteiger partial charge in [0.05, 0.1) is 11.0 Å². The highest BCUT2D eigenvalue weighted by Crippen LogP contribution is 2.48. The summed E-state index contributed by atoms with van der Waals surface area (Å²) in [6, 6.07) is 52.0. The summed E-state index contributed by atoms with van der Waals surface area (Å²) in [7, 11) is 0. The zero-order valence-electron chi connectivity index (χ0n) is 36.2. The first kappa shape index (κ1) is 35.6. The Morgan fingerprint density at radius 1 is 0.450 bits per heavy atom. The average Bonchev–Trinajstić information content (AvgIpc) is 3.74. The van der Waals surface area contributed by atoms with Crippen molar-refractivity contribution in [1.82, 2.24) is 9.05 Å². The quantitative estimate of drug-likeness (QED) is 0.155. The number of hydrogen-bond donors (Lipinski definition) is 0. The smallest absolute Gasteiger partial charge is 0.333 e. The Hall–Kier alpha value is -6.32. The van der Waals surface area contributed by atoms with Crippen LogP contribution in [0.25, 0.3) is 93.5 Å². The van der Waals surface area contributed by atoms with E-state index in [0.717, 1.165) is 0 Å². The van der Waals surface area contributed by atoms with Crippen molar-refractivity contribution in [2.24, 2.45) is 0 Å². The second kappa shape index (κ2) is 11.9. The maximum absolute atomic E-state index is 2.75. The van der Waals surface area contributed by atoms with Crippen molar-refractivity contribution >= 4 is 72.2 Å². The van der Waals surface area contributed by atoms with Gasteiger partial charge >= 0.3 is 6.85 Å². The summed E-state index contributed by atoms with van der Waals surface area (Å²) in [5, 5.41) is 7.86. The molecule has 0 fully saturated rings. The van der Waals surface area contributed by atoms with Gasteiger partial charge in [0.2, 0.25) is 0 Å². The first-order valence-electron chi connectivity index (χ1n) is 21.7. The molecule has 2 aromatic heterocycles. The van der Waals surface area contributed by atoms with E-state index in [9.17, 15) is 0 Å². The molecular formula is C57H49BN2. The summed E-state index contributed by atoms with van der Waals surface area (Å²) in [5.74, 6) is 0. The summed E-state index contributed by atoms with van der Waals surface area (Å²) < 4.78 is 5.42. The molecule has 0 saturated heterocycles. The first-order valence-corrected chi connectivity index (χ1v) is 21.7. The van der Waals surface area contributed by atoms with Crippen LogP contribution in [0, 0.1) is 20.8 Å². The van der Waals surface area contributed by atoms with E-state index in [2.05, 4.69) is 205 Å². The summed E-state index contributed by atoms with van der Waals surface area (Å²) in [6.07, 6.45) is 0. The van der Waals surface area contributed by atoms with Crippen LogP contribution in [-0.4, -0.2) is 15.9 Å². The topological polar surface area (TPSA) is 9.86 Å². The van der Waals surface area contributed by atoms with Crippen LogP contribution >= 0.6 is 0 Å². The van der Waals surface area contributed by atoms with E-state index < -0.39 is 0 Å². The van der Waals surface area contributed by atoms with E-state index >= 15 is 0 Å². The monoisotopic (exact) mass is 772 g/mol. The average molecular weight is 773 g/mol. The van der Waals surface area contributed by atoms with Gasteiger partial charge in [-0.3, -0.25) is 0 Å². The van der Waals surface area contributed by atoms with Gasteiger partial charge in [0.15, 0.2) is 0 Å². The molecule has 4 heterocycles. The van der Waals surface area contributed by atoms with Crippen LogP contribution in [0.5, 0.6) is 0 Å². The Labute approximate surface area is 353 Å². The van der Waals surface area contributed by atoms with Gasteiger partial charge in [-0.25, -0.2) is 0 Å². The molecule has 8 aromatic carbocycles. The molecule has 2 aliphatic heterocycles. The number of fused-ring (bicyclic) bond motifs is 12. The fourth-order valence-electron chi connectivity index (χ4n) is 11.0. The van der Waals surface area contributed by atoms with Gasteiger partial charge in [0, 0.05) is 49.2 Å². The van der Waals surface area contributed by atoms with Gasteiger partial charge in [-0.15, -0.1) is 0 Å². The predicted molar refractivity (Wildman–Crippen MR) is 260 cm³/mol. The van der Waals surface area contributed by atoms with Crippen LogP contribution in [0.4, 0.5) is 0 Å². The predicted octanol–water partition coefficient (Wildman–Crippen LogP) is 13.8. The number of hydrogen-bond acceptors (Lipinski definition) is 0. The van der Waals surface area contributed by atoms with Crippen molar-refractivity contribution in [3.05, 3.63) is 161 Å². The molecule has 0 spiro atoms. The molecule has 290 valence electrons. The largest absolute Gasteiger partial charge is 0.375 e. The molecule has 0 N–H and O–H groups in total. The van der Waals surface area contributed by atoms with E-state index in [1.165, 1.54) is 132 Å². The van der Waals surface area contributed by atoms with E-state index in [1.807, 2.05) is 0 Å². The van der Waals surface area contributed by atoms with Crippen molar-refractivity contribution in [1.29, 1.82) is 0 Å². The molecule has 3 heteroatoms. The van der Waals surface area contributed by atoms with Gasteiger partial charge in [-0.05, 0) is 140 Å². The van der Waals surface area contributed by atoms with E-state index in [4.69, 9.17) is 0 Å². The highest BCUT2D eigenvalue weighted by Gasteiger charge is 2.43. The minimum absolute atomic E-state index is 0.0204. The first-order chi connectivity index (χ1) is 28.8. The molecule has 0 unspecified atom stereocenters. The molecule has 0 aliphatic carbocycles. The lowest BCUT2D eigenvalue weighted by Gasteiger charge is -2.35. The molecule has 2 nitrogen and oxygen atoms in total. The Morgan fingerprint density at radius 2 is 1.17 bits per heavy atom. The second-order valence-electron chi connectivity index (χ2n) is 20.0. The molecule has 60 heavy (non-hydrogen) atoms. The highest BCUT2D eigenvalue weighted by atomic mass is 15.0. The normalized spacial score (nSPS) is 13.4. The lowest BCUT2D eigenvalue weighted by molar-refractivity contribution is 0.590. The molecule has 0 atom stereocenters. The van der Waals surface area contributed by atoms with Crippen molar-refractivity contribution in [3.63, 3.8) is 0 Å². The molecule has 0 bridgehead atoms. The van der Waals surface area contributed by atoms with Crippen molar-refractivity contribution in [3.8, 4) is 39.1 Å². The van der Waals surface area contributed by atoms with Crippen LogP contribution in [0.15, 0.2) is 133 Å². The molecule has 2 aliphatic rings. The van der Waals surface area contributed by atoms with Gasteiger partial charge in [-0.2, -0.15) is 0 Å². The van der Waals surface area contributed by atoms with Crippen molar-refractivity contribution in [2.45, 2.75) is 73.1 Å². The summed E-state index contributed by atoms with van der Waals surface area (Å²) in [5.41, 5.74) is 23.7. The highest BCUT2D eigenvalue weighted by molar-refractivity contribution is 6.90. The Bertz CT molecular complexity index is 3540. The SMILES string of the molecule is Cc1ccc(C)c(-c2cc3c4c(c2)-n2c5c(cc(-c6ccccc6C)cc5c5ccc6ccccc6c52)B4n2c4ccc(C(C)(C)C)cc4c4cc(C(C)(C)C)cc-3c42)c1. The molecule has 0 amide bonds. The maximum atomic E-state index is 2.75. The third kappa shape index (κ3) is 4.78. The van der Waals surface area contributed by atoms with E-state index in [1.54, 1.807) is 0 Å². The summed E-state index contributed by atoms with van der Waals surface area (Å²) in [4.78, 5) is 0. The van der Waals surface area contributed by atoms with Gasteiger partial charge in [-0.1, -0.05) is 138 Å². The number of benzene rings is 8. The minimum Gasteiger partial charge on any atom is -0.375 e. The van der Waals surface area contributed by atoms with Crippen LogP contribution < -0.4 is 10.9 Å². The maximum Gasteiger partial charge on any atom is 0.333 e. The van der Waals surface area contributed by atoms with Crippen LogP contribution in [0.1, 0.15) is 69.4 Å². The van der Waals surface area contributed by atoms with Gasteiger partial charge in [0.1, 0.15) is 0 Å². The van der Waals surface area contributed by atoms with Crippen LogP contribution in [0.2, 0.25) is 0 Å². The summed E-state index contributed by atoms with van der Waals surface area (Å²) in [6.45, 7) is 20.8. The van der Waals surface area contributed by atoms with Crippen LogP contribution in [0.3, 0.4) is 0 Å². The molecule has 0 saturated carbocycles. The van der Waals surface area contributed by atoms with Crippen molar-refractivity contribution in [2.75, 3.05) is 0 Å². The van der Waals surface area contributed by atoms with E-state index in [-0.39, 0.29) is 17.7 Å². The fraction of sp³-hybridized carbons (Fsp3) is 0.193. The number of rotatable bonds is 2. The Balaban J connectivity index is 1.34. The summed E-state index contributed by atoms with van der Waals surface area (Å²) >= 11 is 0. The fourth-order valence-corrected chi connectivity index (χ4v) is 11.0. The molecule has 0 radical (unpaired) electrons. The molecule has 12 rings (SSSR count). The van der Waals surface area contributed by atoms with Crippen molar-refractivity contribution < 1.29 is 0 Å². The van der Waals surface area contributed by atoms with Crippen LogP contribution in [-0.2, 0) is 10.8 Å². The Kier molecular flexibility index (Phi) is 7.07. The third-order valence-corrected chi connectivity index (χ3v) is 14.1. The van der Waals surface area contributed by atoms with Gasteiger partial charge < -0.3 is 9.05 Å². The molecular weight excluding hydrogens is 723 g/mol. The lowest BCUT2D eigenvalue weighted by atomic mass is 9.45. The number of nitrogens with zero attached hydrogens (tertiary/aromatic N) is 2. The third-order valence-electron chi connectivity index (χ3n) is 14.1. The standard InChI is InChI=1S/C57H49BN2/c1-32-18-19-34(3)43(24-32)37-25-45-48-31-39(57(7,8)9)30-47-44-29-38(56(4,5)6)21-23-50(44)60(54(47)48)58-49-27-36(40-16-12-10-14-33(40)2)26-46-42-22-20-35-15-11-13-17-41(35)53(42)59(55(46)49)51(28-37)52(45)58/h10-31H,1-9H3. The number of aryl methyl sites for hydroxylation is 3. The van der Waals surface area contributed by atoms with Gasteiger partial charge in [0.25, 0.3) is 0 Å².